The zero-order chi connectivity index (χ0) is 7.66. The summed E-state index contributed by atoms with van der Waals surface area (Å²) in [5.74, 6) is 0. The molecule has 0 aromatic heterocycles. The van der Waals surface area contributed by atoms with Gasteiger partial charge >= 0.3 is 0 Å². The predicted octanol–water partition coefficient (Wildman–Crippen LogP) is 1.68. The summed E-state index contributed by atoms with van der Waals surface area (Å²) in [6, 6.07) is 1.93. The average molecular weight is 140 g/mol. The fraction of sp³-hybridized carbons (Fsp3) is 0.875. The van der Waals surface area contributed by atoms with Crippen LogP contribution in [0.1, 0.15) is 32.6 Å². The van der Waals surface area contributed by atoms with Crippen molar-refractivity contribution < 1.29 is 0 Å². The van der Waals surface area contributed by atoms with E-state index in [0.717, 1.165) is 0 Å². The molecule has 0 amide bonds. The van der Waals surface area contributed by atoms with Gasteiger partial charge in [-0.05, 0) is 25.9 Å². The molecule has 1 N–H and O–H groups in total. The van der Waals surface area contributed by atoms with Gasteiger partial charge in [0, 0.05) is 6.42 Å². The summed E-state index contributed by atoms with van der Waals surface area (Å²) in [4.78, 5) is 0. The minimum absolute atomic E-state index is 0.625. The van der Waals surface area contributed by atoms with E-state index in [-0.39, 0.29) is 0 Å². The average Bonchev–Trinajstić information content (AvgIpc) is 2.08. The van der Waals surface area contributed by atoms with Crippen molar-refractivity contribution in [2.24, 2.45) is 0 Å². The smallest absolute Gasteiger partial charge is 0.0618 e. The second-order valence-electron chi connectivity index (χ2n) is 2.32. The highest BCUT2D eigenvalue weighted by atomic mass is 14.9. The standard InChI is InChI=1S/C5H11N.C3H5N/c1-2-4-6-5-3-1;1-2-3-4/h6H,1-5H2;2H2,1H3. The van der Waals surface area contributed by atoms with Crippen LogP contribution in [0, 0.1) is 11.3 Å². The molecule has 0 saturated carbocycles. The molecule has 0 aliphatic carbocycles. The van der Waals surface area contributed by atoms with E-state index in [1.807, 2.05) is 13.0 Å². The highest BCUT2D eigenvalue weighted by Gasteiger charge is 1.93. The number of piperidine rings is 1. The minimum Gasteiger partial charge on any atom is -0.317 e. The number of nitriles is 1. The van der Waals surface area contributed by atoms with Gasteiger partial charge in [-0.3, -0.25) is 0 Å². The normalized spacial score (nSPS) is 16.4. The van der Waals surface area contributed by atoms with E-state index in [1.165, 1.54) is 32.4 Å². The van der Waals surface area contributed by atoms with Crippen LogP contribution < -0.4 is 5.32 Å². The third-order valence-corrected chi connectivity index (χ3v) is 1.37. The number of rotatable bonds is 0. The molecule has 0 aromatic carbocycles. The van der Waals surface area contributed by atoms with Crippen molar-refractivity contribution in [1.82, 2.24) is 5.32 Å². The van der Waals surface area contributed by atoms with E-state index < -0.39 is 0 Å². The van der Waals surface area contributed by atoms with Gasteiger partial charge in [0.2, 0.25) is 0 Å². The van der Waals surface area contributed by atoms with E-state index in [4.69, 9.17) is 5.26 Å². The fourth-order valence-corrected chi connectivity index (χ4v) is 0.802. The maximum atomic E-state index is 7.62. The molecule has 1 rings (SSSR count). The summed E-state index contributed by atoms with van der Waals surface area (Å²) >= 11 is 0. The molecule has 10 heavy (non-hydrogen) atoms. The zero-order valence-electron chi connectivity index (χ0n) is 6.69. The molecule has 0 bridgehead atoms. The van der Waals surface area contributed by atoms with Crippen molar-refractivity contribution in [2.45, 2.75) is 32.6 Å². The molecule has 1 saturated heterocycles. The van der Waals surface area contributed by atoms with Gasteiger partial charge in [-0.1, -0.05) is 13.3 Å². The van der Waals surface area contributed by atoms with Gasteiger partial charge < -0.3 is 5.32 Å². The molecule has 0 unspecified atom stereocenters. The Bertz CT molecular complexity index is 78.4. The summed E-state index contributed by atoms with van der Waals surface area (Å²) in [6.07, 6.45) is 4.84. The Morgan fingerprint density at radius 2 is 1.80 bits per heavy atom. The van der Waals surface area contributed by atoms with E-state index in [2.05, 4.69) is 5.32 Å². The quantitative estimate of drug-likeness (QED) is 0.555. The third-order valence-electron chi connectivity index (χ3n) is 1.37. The number of nitrogens with one attached hydrogen (secondary N) is 1. The van der Waals surface area contributed by atoms with Crippen molar-refractivity contribution in [3.63, 3.8) is 0 Å². The third kappa shape index (κ3) is 7.45. The topological polar surface area (TPSA) is 35.8 Å². The Labute approximate surface area is 63.2 Å². The molecule has 58 valence electrons. The lowest BCUT2D eigenvalue weighted by Crippen LogP contribution is -2.21. The molecule has 0 atom stereocenters. The van der Waals surface area contributed by atoms with Crippen LogP contribution in [0.3, 0.4) is 0 Å². The number of nitrogens with zero attached hydrogens (tertiary/aromatic N) is 1. The molecule has 1 aliphatic rings. The van der Waals surface area contributed by atoms with Gasteiger partial charge in [-0.2, -0.15) is 5.26 Å². The Morgan fingerprint density at radius 3 is 1.90 bits per heavy atom. The van der Waals surface area contributed by atoms with Crippen molar-refractivity contribution in [3.05, 3.63) is 0 Å². The molecule has 1 fully saturated rings. The SMILES string of the molecule is C1CCNCC1.CCC#N. The van der Waals surface area contributed by atoms with Crippen LogP contribution in [0.4, 0.5) is 0 Å². The molecule has 1 heterocycles. The van der Waals surface area contributed by atoms with E-state index in [9.17, 15) is 0 Å². The van der Waals surface area contributed by atoms with Crippen molar-refractivity contribution in [1.29, 1.82) is 5.26 Å². The first-order chi connectivity index (χ1) is 4.91. The Hall–Kier alpha value is -0.550. The van der Waals surface area contributed by atoms with Gasteiger partial charge in [-0.25, -0.2) is 0 Å². The van der Waals surface area contributed by atoms with Crippen LogP contribution in [-0.4, -0.2) is 13.1 Å². The number of hydrogen-bond acceptors (Lipinski definition) is 2. The van der Waals surface area contributed by atoms with Crippen molar-refractivity contribution in [3.8, 4) is 6.07 Å². The molecule has 0 aromatic rings. The fourth-order valence-electron chi connectivity index (χ4n) is 0.802. The Kier molecular flexibility index (Phi) is 7.99. The summed E-state index contributed by atoms with van der Waals surface area (Å²) in [7, 11) is 0. The van der Waals surface area contributed by atoms with E-state index in [1.54, 1.807) is 0 Å². The highest BCUT2D eigenvalue weighted by molar-refractivity contribution is 4.61. The first kappa shape index (κ1) is 9.45. The van der Waals surface area contributed by atoms with Gasteiger partial charge in [-0.15, -0.1) is 0 Å². The molecular formula is C8H16N2. The van der Waals surface area contributed by atoms with Crippen molar-refractivity contribution in [2.75, 3.05) is 13.1 Å². The molecule has 2 heteroatoms. The summed E-state index contributed by atoms with van der Waals surface area (Å²) < 4.78 is 0. The lowest BCUT2D eigenvalue weighted by atomic mass is 10.2. The maximum Gasteiger partial charge on any atom is 0.0618 e. The van der Waals surface area contributed by atoms with Crippen LogP contribution >= 0.6 is 0 Å². The van der Waals surface area contributed by atoms with Crippen LogP contribution in [0.15, 0.2) is 0 Å². The van der Waals surface area contributed by atoms with Crippen LogP contribution in [-0.2, 0) is 0 Å². The monoisotopic (exact) mass is 140 g/mol. The van der Waals surface area contributed by atoms with Crippen LogP contribution in [0.5, 0.6) is 0 Å². The second-order valence-corrected chi connectivity index (χ2v) is 2.32. The van der Waals surface area contributed by atoms with E-state index in [0.29, 0.717) is 6.42 Å². The van der Waals surface area contributed by atoms with Crippen LogP contribution in [0.2, 0.25) is 0 Å². The molecule has 1 aliphatic heterocycles. The second kappa shape index (κ2) is 8.45. The first-order valence-electron chi connectivity index (χ1n) is 3.99. The number of hydrogen-bond donors (Lipinski definition) is 1. The highest BCUT2D eigenvalue weighted by Crippen LogP contribution is 1.96. The Morgan fingerprint density at radius 1 is 1.30 bits per heavy atom. The summed E-state index contributed by atoms with van der Waals surface area (Å²) in [5.41, 5.74) is 0. The van der Waals surface area contributed by atoms with E-state index >= 15 is 0 Å². The van der Waals surface area contributed by atoms with Crippen LogP contribution in [0.25, 0.3) is 0 Å². The summed E-state index contributed by atoms with van der Waals surface area (Å²) in [5, 5.41) is 10.9. The first-order valence-corrected chi connectivity index (χ1v) is 3.99. The molecule has 0 spiro atoms. The molecule has 2 nitrogen and oxygen atoms in total. The lowest BCUT2D eigenvalue weighted by Gasteiger charge is -2.08. The predicted molar refractivity (Wildman–Crippen MR) is 42.6 cm³/mol. The van der Waals surface area contributed by atoms with Gasteiger partial charge in [0.25, 0.3) is 0 Å². The van der Waals surface area contributed by atoms with Crippen molar-refractivity contribution >= 4 is 0 Å². The maximum absolute atomic E-state index is 7.62. The van der Waals surface area contributed by atoms with Gasteiger partial charge in [0.05, 0.1) is 6.07 Å². The lowest BCUT2D eigenvalue weighted by molar-refractivity contribution is 0.520. The largest absolute Gasteiger partial charge is 0.317 e. The molecular weight excluding hydrogens is 124 g/mol. The van der Waals surface area contributed by atoms with Gasteiger partial charge in [0.1, 0.15) is 0 Å². The minimum atomic E-state index is 0.625. The zero-order valence-corrected chi connectivity index (χ0v) is 6.69. The molecule has 0 radical (unpaired) electrons. The van der Waals surface area contributed by atoms with Gasteiger partial charge in [0.15, 0.2) is 0 Å². The summed E-state index contributed by atoms with van der Waals surface area (Å²) in [6.45, 7) is 4.32. The Balaban J connectivity index is 0.000000180.